The number of hydrogen-bond donors (Lipinski definition) is 1. The first-order valence-electron chi connectivity index (χ1n) is 7.39. The maximum absolute atomic E-state index is 12.0. The van der Waals surface area contributed by atoms with Crippen molar-refractivity contribution in [2.75, 3.05) is 33.8 Å². The number of methoxy groups -OCH3 is 1. The minimum atomic E-state index is -0.422. The van der Waals surface area contributed by atoms with Gasteiger partial charge in [-0.3, -0.25) is 14.5 Å². The van der Waals surface area contributed by atoms with Crippen LogP contribution in [0.1, 0.15) is 12.5 Å². The monoisotopic (exact) mass is 305 g/mol. The van der Waals surface area contributed by atoms with E-state index in [0.717, 1.165) is 24.4 Å². The Balaban J connectivity index is 2.03. The van der Waals surface area contributed by atoms with Gasteiger partial charge >= 0.3 is 0 Å². The summed E-state index contributed by atoms with van der Waals surface area (Å²) in [5.74, 6) is 0.653. The Morgan fingerprint density at radius 1 is 1.27 bits per heavy atom. The molecule has 1 aromatic rings. The van der Waals surface area contributed by atoms with Crippen LogP contribution >= 0.6 is 0 Å². The molecule has 0 bridgehead atoms. The fraction of sp³-hybridized carbons (Fsp3) is 0.500. The van der Waals surface area contributed by atoms with Crippen LogP contribution in [0.5, 0.6) is 5.75 Å². The Labute approximate surface area is 131 Å². The Bertz CT molecular complexity index is 530. The third kappa shape index (κ3) is 3.76. The molecule has 0 aliphatic carbocycles. The van der Waals surface area contributed by atoms with Crippen LogP contribution in [0.3, 0.4) is 0 Å². The molecule has 1 atom stereocenters. The average Bonchev–Trinajstić information content (AvgIpc) is 2.54. The highest BCUT2D eigenvalue weighted by molar-refractivity contribution is 5.87. The van der Waals surface area contributed by atoms with Gasteiger partial charge in [0.25, 0.3) is 0 Å². The summed E-state index contributed by atoms with van der Waals surface area (Å²) in [5, 5.41) is 2.64. The van der Waals surface area contributed by atoms with Crippen LogP contribution in [0.2, 0.25) is 0 Å². The van der Waals surface area contributed by atoms with Gasteiger partial charge in [-0.05, 0) is 17.7 Å². The van der Waals surface area contributed by atoms with E-state index in [1.807, 2.05) is 24.3 Å². The molecule has 1 saturated heterocycles. The second kappa shape index (κ2) is 7.26. The molecular weight excluding hydrogens is 282 g/mol. The van der Waals surface area contributed by atoms with E-state index in [4.69, 9.17) is 4.74 Å². The molecule has 2 rings (SSSR count). The Kier molecular flexibility index (Phi) is 5.38. The summed E-state index contributed by atoms with van der Waals surface area (Å²) in [6.45, 7) is 4.15. The fourth-order valence-corrected chi connectivity index (χ4v) is 2.74. The van der Waals surface area contributed by atoms with Crippen molar-refractivity contribution < 1.29 is 14.3 Å². The lowest BCUT2D eigenvalue weighted by atomic mass is 10.1. The summed E-state index contributed by atoms with van der Waals surface area (Å²) in [6, 6.07) is 7.47. The lowest BCUT2D eigenvalue weighted by molar-refractivity contribution is -0.142. The summed E-state index contributed by atoms with van der Waals surface area (Å²) in [5.41, 5.74) is 1.16. The highest BCUT2D eigenvalue weighted by Gasteiger charge is 2.33. The predicted molar refractivity (Wildman–Crippen MR) is 83.5 cm³/mol. The molecule has 1 N–H and O–H groups in total. The van der Waals surface area contributed by atoms with Gasteiger partial charge in [0, 0.05) is 40.2 Å². The molecule has 2 amide bonds. The number of hydrogen-bond acceptors (Lipinski definition) is 4. The van der Waals surface area contributed by atoms with E-state index < -0.39 is 6.04 Å². The zero-order valence-corrected chi connectivity index (χ0v) is 13.3. The van der Waals surface area contributed by atoms with Gasteiger partial charge in [0.2, 0.25) is 11.8 Å². The van der Waals surface area contributed by atoms with E-state index >= 15 is 0 Å². The number of carbonyl (C=O) groups is 2. The van der Waals surface area contributed by atoms with Crippen LogP contribution in [0.15, 0.2) is 24.3 Å². The second-order valence-electron chi connectivity index (χ2n) is 5.43. The van der Waals surface area contributed by atoms with Crippen molar-refractivity contribution in [1.29, 1.82) is 0 Å². The van der Waals surface area contributed by atoms with Gasteiger partial charge in [-0.15, -0.1) is 0 Å². The van der Waals surface area contributed by atoms with Crippen LogP contribution in [-0.4, -0.2) is 61.4 Å². The normalized spacial score (nSPS) is 18.9. The Morgan fingerprint density at radius 3 is 2.50 bits per heavy atom. The number of likely N-dealkylation sites (N-methyl/N-ethyl adjacent to an activating group) is 1. The SMILES string of the molecule is CNC(=O)[C@H]1CN(Cc2ccc(OC)cc2)CCN1C(C)=O. The van der Waals surface area contributed by atoms with Gasteiger partial charge < -0.3 is 15.0 Å². The van der Waals surface area contributed by atoms with Gasteiger partial charge in [-0.2, -0.15) is 0 Å². The molecular formula is C16H23N3O3. The third-order valence-electron chi connectivity index (χ3n) is 3.98. The number of amides is 2. The highest BCUT2D eigenvalue weighted by Crippen LogP contribution is 2.16. The summed E-state index contributed by atoms with van der Waals surface area (Å²) in [7, 11) is 3.24. The molecule has 6 nitrogen and oxygen atoms in total. The Hall–Kier alpha value is -2.08. The van der Waals surface area contributed by atoms with Gasteiger partial charge in [-0.25, -0.2) is 0 Å². The quantitative estimate of drug-likeness (QED) is 0.878. The molecule has 6 heteroatoms. The van der Waals surface area contributed by atoms with Crippen molar-refractivity contribution in [1.82, 2.24) is 15.1 Å². The lowest BCUT2D eigenvalue weighted by Gasteiger charge is -2.40. The topological polar surface area (TPSA) is 61.9 Å². The number of benzene rings is 1. The molecule has 1 fully saturated rings. The molecule has 0 radical (unpaired) electrons. The molecule has 120 valence electrons. The molecule has 0 spiro atoms. The van der Waals surface area contributed by atoms with Crippen LogP contribution in [0.4, 0.5) is 0 Å². The molecule has 0 unspecified atom stereocenters. The van der Waals surface area contributed by atoms with E-state index in [1.165, 1.54) is 6.92 Å². The fourth-order valence-electron chi connectivity index (χ4n) is 2.74. The first kappa shape index (κ1) is 16.3. The molecule has 1 aliphatic heterocycles. The summed E-state index contributed by atoms with van der Waals surface area (Å²) in [4.78, 5) is 27.5. The smallest absolute Gasteiger partial charge is 0.243 e. The summed E-state index contributed by atoms with van der Waals surface area (Å²) in [6.07, 6.45) is 0. The molecule has 1 heterocycles. The van der Waals surface area contributed by atoms with Crippen molar-refractivity contribution in [3.8, 4) is 5.75 Å². The number of ether oxygens (including phenoxy) is 1. The van der Waals surface area contributed by atoms with Crippen molar-refractivity contribution in [3.63, 3.8) is 0 Å². The zero-order chi connectivity index (χ0) is 16.1. The van der Waals surface area contributed by atoms with E-state index in [1.54, 1.807) is 19.1 Å². The number of rotatable bonds is 4. The van der Waals surface area contributed by atoms with Crippen molar-refractivity contribution in [2.24, 2.45) is 0 Å². The molecule has 22 heavy (non-hydrogen) atoms. The van der Waals surface area contributed by atoms with Gasteiger partial charge in [-0.1, -0.05) is 12.1 Å². The molecule has 0 aromatic heterocycles. The van der Waals surface area contributed by atoms with E-state index in [9.17, 15) is 9.59 Å². The molecule has 0 saturated carbocycles. The highest BCUT2D eigenvalue weighted by atomic mass is 16.5. The van der Waals surface area contributed by atoms with Crippen molar-refractivity contribution >= 4 is 11.8 Å². The van der Waals surface area contributed by atoms with Crippen molar-refractivity contribution in [3.05, 3.63) is 29.8 Å². The standard InChI is InChI=1S/C16H23N3O3/c1-12(20)19-9-8-18(11-15(19)16(21)17-2)10-13-4-6-14(22-3)7-5-13/h4-7,15H,8-11H2,1-3H3,(H,17,21)/t15-/m1/s1. The van der Waals surface area contributed by atoms with Gasteiger partial charge in [0.05, 0.1) is 7.11 Å². The minimum Gasteiger partial charge on any atom is -0.497 e. The summed E-state index contributed by atoms with van der Waals surface area (Å²) >= 11 is 0. The minimum absolute atomic E-state index is 0.0577. The van der Waals surface area contributed by atoms with Gasteiger partial charge in [0.15, 0.2) is 0 Å². The first-order chi connectivity index (χ1) is 10.5. The van der Waals surface area contributed by atoms with E-state index in [2.05, 4.69) is 10.2 Å². The second-order valence-corrected chi connectivity index (χ2v) is 5.43. The lowest BCUT2D eigenvalue weighted by Crippen LogP contribution is -2.59. The van der Waals surface area contributed by atoms with Crippen LogP contribution in [0, 0.1) is 0 Å². The number of carbonyl (C=O) groups excluding carboxylic acids is 2. The van der Waals surface area contributed by atoms with E-state index in [-0.39, 0.29) is 11.8 Å². The number of nitrogens with one attached hydrogen (secondary N) is 1. The number of nitrogens with zero attached hydrogens (tertiary/aromatic N) is 2. The maximum atomic E-state index is 12.0. The van der Waals surface area contributed by atoms with Crippen LogP contribution in [-0.2, 0) is 16.1 Å². The van der Waals surface area contributed by atoms with Crippen LogP contribution < -0.4 is 10.1 Å². The van der Waals surface area contributed by atoms with Crippen LogP contribution in [0.25, 0.3) is 0 Å². The molecule has 1 aromatic carbocycles. The third-order valence-corrected chi connectivity index (χ3v) is 3.98. The average molecular weight is 305 g/mol. The molecule has 1 aliphatic rings. The summed E-state index contributed by atoms with van der Waals surface area (Å²) < 4.78 is 5.15. The van der Waals surface area contributed by atoms with Crippen molar-refractivity contribution in [2.45, 2.75) is 19.5 Å². The van der Waals surface area contributed by atoms with E-state index in [0.29, 0.717) is 13.1 Å². The first-order valence-corrected chi connectivity index (χ1v) is 7.39. The number of piperazine rings is 1. The largest absolute Gasteiger partial charge is 0.497 e. The van der Waals surface area contributed by atoms with Gasteiger partial charge in [0.1, 0.15) is 11.8 Å². The zero-order valence-electron chi connectivity index (χ0n) is 13.3. The predicted octanol–water partition coefficient (Wildman–Crippen LogP) is 0.474. The maximum Gasteiger partial charge on any atom is 0.243 e. The Morgan fingerprint density at radius 2 is 1.95 bits per heavy atom.